The van der Waals surface area contributed by atoms with Gasteiger partial charge in [-0.25, -0.2) is 8.42 Å². The van der Waals surface area contributed by atoms with Gasteiger partial charge in [0.15, 0.2) is 0 Å². The number of carbonyl (C=O) groups excluding carboxylic acids is 1. The van der Waals surface area contributed by atoms with Crippen molar-refractivity contribution in [1.29, 1.82) is 0 Å². The van der Waals surface area contributed by atoms with E-state index in [0.717, 1.165) is 11.3 Å². The van der Waals surface area contributed by atoms with Gasteiger partial charge in [-0.2, -0.15) is 0 Å². The highest BCUT2D eigenvalue weighted by atomic mass is 32.2. The number of nitrogens with one attached hydrogen (secondary N) is 2. The maximum absolute atomic E-state index is 11.6. The molecule has 6 nitrogen and oxygen atoms in total. The third-order valence-corrected chi connectivity index (χ3v) is 4.52. The Kier molecular flexibility index (Phi) is 4.63. The molecule has 96 valence electrons. The Labute approximate surface area is 104 Å². The van der Waals surface area contributed by atoms with Crippen molar-refractivity contribution in [2.75, 3.05) is 7.11 Å². The minimum absolute atomic E-state index is 0.00163. The first-order valence-electron chi connectivity index (χ1n) is 4.82. The molecule has 1 amide bonds. The Bertz CT molecular complexity index is 493. The fourth-order valence-electron chi connectivity index (χ4n) is 1.07. The molecule has 17 heavy (non-hydrogen) atoms. The quantitative estimate of drug-likeness (QED) is 0.777. The zero-order chi connectivity index (χ0) is 13.1. The summed E-state index contributed by atoms with van der Waals surface area (Å²) in [5.41, 5.74) is 0. The predicted molar refractivity (Wildman–Crippen MR) is 64.3 cm³/mol. The molecule has 0 aliphatic heterocycles. The lowest BCUT2D eigenvalue weighted by Gasteiger charge is -2.05. The molecule has 0 radical (unpaired) electrons. The molecule has 1 rings (SSSR count). The molecule has 0 aliphatic rings. The summed E-state index contributed by atoms with van der Waals surface area (Å²) in [6.07, 6.45) is 0. The molecule has 0 fully saturated rings. The van der Waals surface area contributed by atoms with Crippen molar-refractivity contribution in [3.63, 3.8) is 0 Å². The molecule has 0 unspecified atom stereocenters. The van der Waals surface area contributed by atoms with Crippen LogP contribution in [0.1, 0.15) is 23.5 Å². The molecular formula is C9H14N2O4S2. The van der Waals surface area contributed by atoms with Gasteiger partial charge in [0.05, 0.1) is 12.0 Å². The van der Waals surface area contributed by atoms with Gasteiger partial charge < -0.3 is 5.32 Å². The number of hydrogen-bond donors (Lipinski definition) is 2. The molecule has 0 aliphatic carbocycles. The lowest BCUT2D eigenvalue weighted by atomic mass is 10.3. The second kappa shape index (κ2) is 5.58. The Morgan fingerprint density at radius 2 is 2.06 bits per heavy atom. The topological polar surface area (TPSA) is 84.5 Å². The number of thiophene rings is 1. The van der Waals surface area contributed by atoms with Crippen molar-refractivity contribution < 1.29 is 18.0 Å². The Hall–Kier alpha value is -0.960. The normalized spacial score (nSPS) is 11.8. The van der Waals surface area contributed by atoms with Gasteiger partial charge in [-0.15, -0.1) is 11.3 Å². The molecule has 2 N–H and O–H groups in total. The van der Waals surface area contributed by atoms with Crippen LogP contribution in [-0.4, -0.2) is 27.5 Å². The Morgan fingerprint density at radius 3 is 2.59 bits per heavy atom. The second-order valence-electron chi connectivity index (χ2n) is 3.54. The van der Waals surface area contributed by atoms with E-state index in [1.165, 1.54) is 19.2 Å². The van der Waals surface area contributed by atoms with Crippen LogP contribution in [0, 0.1) is 0 Å². The lowest BCUT2D eigenvalue weighted by molar-refractivity contribution is 0.0947. The van der Waals surface area contributed by atoms with Crippen molar-refractivity contribution in [3.8, 4) is 0 Å². The lowest BCUT2D eigenvalue weighted by Crippen LogP contribution is -2.29. The van der Waals surface area contributed by atoms with E-state index in [1.807, 2.05) is 18.7 Å². The molecule has 0 spiro atoms. The van der Waals surface area contributed by atoms with Crippen molar-refractivity contribution in [2.45, 2.75) is 24.1 Å². The Morgan fingerprint density at radius 1 is 1.41 bits per heavy atom. The largest absolute Gasteiger partial charge is 0.349 e. The average Bonchev–Trinajstić information content (AvgIpc) is 2.65. The standard InChI is InChI=1S/C9H14N2O4S2/c1-6(2)10-9(12)7-4-5-8(16-7)17(13,14)11-15-3/h4-6,11H,1-3H3,(H,10,12). The zero-order valence-electron chi connectivity index (χ0n) is 9.68. The van der Waals surface area contributed by atoms with Crippen molar-refractivity contribution in [3.05, 3.63) is 17.0 Å². The van der Waals surface area contributed by atoms with E-state index in [1.54, 1.807) is 0 Å². The number of rotatable bonds is 5. The van der Waals surface area contributed by atoms with Crippen molar-refractivity contribution in [2.24, 2.45) is 0 Å². The smallest absolute Gasteiger partial charge is 0.271 e. The third-order valence-electron chi connectivity index (χ3n) is 1.68. The van der Waals surface area contributed by atoms with Crippen LogP contribution in [0.2, 0.25) is 0 Å². The van der Waals surface area contributed by atoms with E-state index in [-0.39, 0.29) is 16.2 Å². The number of sulfonamides is 1. The highest BCUT2D eigenvalue weighted by molar-refractivity contribution is 7.91. The molecular weight excluding hydrogens is 264 g/mol. The van der Waals surface area contributed by atoms with E-state index in [0.29, 0.717) is 4.88 Å². The highest BCUT2D eigenvalue weighted by Crippen LogP contribution is 2.21. The van der Waals surface area contributed by atoms with Gasteiger partial charge in [0.1, 0.15) is 4.21 Å². The van der Waals surface area contributed by atoms with Gasteiger partial charge in [0.25, 0.3) is 15.9 Å². The fourth-order valence-corrected chi connectivity index (χ4v) is 3.07. The van der Waals surface area contributed by atoms with E-state index in [9.17, 15) is 13.2 Å². The first-order valence-corrected chi connectivity index (χ1v) is 7.12. The number of hydrogen-bond acceptors (Lipinski definition) is 5. The summed E-state index contributed by atoms with van der Waals surface area (Å²) in [6.45, 7) is 3.66. The molecule has 0 atom stereocenters. The van der Waals surface area contributed by atoms with Crippen LogP contribution in [0.3, 0.4) is 0 Å². The van der Waals surface area contributed by atoms with E-state index in [4.69, 9.17) is 0 Å². The van der Waals surface area contributed by atoms with Crippen LogP contribution in [0.15, 0.2) is 16.3 Å². The number of amides is 1. The van der Waals surface area contributed by atoms with Crippen molar-refractivity contribution >= 4 is 27.3 Å². The average molecular weight is 278 g/mol. The molecule has 1 aromatic heterocycles. The summed E-state index contributed by atoms with van der Waals surface area (Å²) in [5, 5.41) is 2.68. The van der Waals surface area contributed by atoms with Crippen LogP contribution in [-0.2, 0) is 14.9 Å². The zero-order valence-corrected chi connectivity index (χ0v) is 11.3. The summed E-state index contributed by atoms with van der Waals surface area (Å²) in [4.78, 5) is 18.2. The van der Waals surface area contributed by atoms with Crippen LogP contribution in [0.5, 0.6) is 0 Å². The molecule has 0 aromatic carbocycles. The van der Waals surface area contributed by atoms with Crippen LogP contribution in [0.25, 0.3) is 0 Å². The molecule has 0 saturated carbocycles. The third kappa shape index (κ3) is 3.77. The highest BCUT2D eigenvalue weighted by Gasteiger charge is 2.19. The van der Waals surface area contributed by atoms with Crippen LogP contribution < -0.4 is 10.2 Å². The first kappa shape index (κ1) is 14.1. The summed E-state index contributed by atoms with van der Waals surface area (Å²) in [6, 6.07) is 2.83. The molecule has 0 bridgehead atoms. The molecule has 1 heterocycles. The fraction of sp³-hybridized carbons (Fsp3) is 0.444. The van der Waals surface area contributed by atoms with E-state index in [2.05, 4.69) is 10.2 Å². The molecule has 0 saturated heterocycles. The van der Waals surface area contributed by atoms with Crippen LogP contribution in [0.4, 0.5) is 0 Å². The van der Waals surface area contributed by atoms with Gasteiger partial charge in [-0.1, -0.05) is 4.89 Å². The monoisotopic (exact) mass is 278 g/mol. The first-order chi connectivity index (χ1) is 7.86. The maximum Gasteiger partial charge on any atom is 0.271 e. The van der Waals surface area contributed by atoms with Crippen LogP contribution >= 0.6 is 11.3 Å². The predicted octanol–water partition coefficient (Wildman–Crippen LogP) is 0.726. The SMILES string of the molecule is CONS(=O)(=O)c1ccc(C(=O)NC(C)C)s1. The summed E-state index contributed by atoms with van der Waals surface area (Å²) in [7, 11) is -2.48. The van der Waals surface area contributed by atoms with Gasteiger partial charge in [0, 0.05) is 6.04 Å². The minimum Gasteiger partial charge on any atom is -0.349 e. The van der Waals surface area contributed by atoms with Crippen molar-refractivity contribution in [1.82, 2.24) is 10.2 Å². The maximum atomic E-state index is 11.6. The summed E-state index contributed by atoms with van der Waals surface area (Å²) < 4.78 is 23.1. The Balaban J connectivity index is 2.89. The van der Waals surface area contributed by atoms with Gasteiger partial charge in [0.2, 0.25) is 0 Å². The van der Waals surface area contributed by atoms with Gasteiger partial charge in [-0.3, -0.25) is 9.63 Å². The number of carbonyl (C=O) groups is 1. The molecule has 1 aromatic rings. The van der Waals surface area contributed by atoms with Gasteiger partial charge >= 0.3 is 0 Å². The van der Waals surface area contributed by atoms with Gasteiger partial charge in [-0.05, 0) is 26.0 Å². The molecule has 8 heteroatoms. The minimum atomic E-state index is -3.69. The van der Waals surface area contributed by atoms with E-state index >= 15 is 0 Å². The van der Waals surface area contributed by atoms with E-state index < -0.39 is 10.0 Å². The summed E-state index contributed by atoms with van der Waals surface area (Å²) in [5.74, 6) is -0.288. The summed E-state index contributed by atoms with van der Waals surface area (Å²) >= 11 is 0.887. The second-order valence-corrected chi connectivity index (χ2v) is 6.49.